The third-order valence-electron chi connectivity index (χ3n) is 12.5. The molecule has 1 aliphatic heterocycles. The number of ether oxygens (including phenoxy) is 5. The van der Waals surface area contributed by atoms with E-state index < -0.39 is 112 Å². The lowest BCUT2D eigenvalue weighted by Gasteiger charge is -2.67. The van der Waals surface area contributed by atoms with Crippen LogP contribution in [0.1, 0.15) is 90.2 Å². The summed E-state index contributed by atoms with van der Waals surface area (Å²) in [5.41, 5.74) is -8.34. The number of carbonyl (C=O) groups excluding carboxylic acids is 5. The number of nitrogens with one attached hydrogen (secondary N) is 1. The molecule has 0 spiro atoms. The van der Waals surface area contributed by atoms with Gasteiger partial charge in [-0.15, -0.1) is 0 Å². The second-order valence-electron chi connectivity index (χ2n) is 17.6. The normalized spacial score (nSPS) is 33.7. The molecule has 15 heteroatoms. The summed E-state index contributed by atoms with van der Waals surface area (Å²) in [5, 5.41) is 51.3. The van der Waals surface area contributed by atoms with Crippen LogP contribution in [0.3, 0.4) is 0 Å². The number of amides is 1. The van der Waals surface area contributed by atoms with Gasteiger partial charge in [0.05, 0.1) is 41.8 Å². The minimum absolute atomic E-state index is 0.0585. The van der Waals surface area contributed by atoms with Crippen LogP contribution in [0.5, 0.6) is 0 Å². The van der Waals surface area contributed by atoms with Gasteiger partial charge in [0.15, 0.2) is 23.6 Å². The van der Waals surface area contributed by atoms with Gasteiger partial charge in [-0.2, -0.15) is 0 Å². The van der Waals surface area contributed by atoms with Gasteiger partial charge in [-0.3, -0.25) is 9.59 Å². The van der Waals surface area contributed by atoms with Gasteiger partial charge in [0, 0.05) is 25.2 Å². The van der Waals surface area contributed by atoms with Crippen LogP contribution in [0.25, 0.3) is 0 Å². The first kappa shape index (κ1) is 42.9. The quantitative estimate of drug-likeness (QED) is 0.147. The topological polar surface area (TPSA) is 224 Å². The fraction of sp³-hybridized carbons (Fsp3) is 0.558. The number of aliphatic hydroxyl groups excluding tert-OH is 3. The van der Waals surface area contributed by atoms with E-state index in [1.165, 1.54) is 39.8 Å². The summed E-state index contributed by atoms with van der Waals surface area (Å²) in [4.78, 5) is 69.9. The molecule has 0 aromatic heterocycles. The Kier molecular flexibility index (Phi) is 11.2. The number of hydrogen-bond acceptors (Lipinski definition) is 14. The summed E-state index contributed by atoms with van der Waals surface area (Å²) in [6.45, 7) is 11.7. The van der Waals surface area contributed by atoms with Gasteiger partial charge in [-0.25, -0.2) is 14.4 Å². The number of hydrogen-bond donors (Lipinski definition) is 5. The van der Waals surface area contributed by atoms with Crippen molar-refractivity contribution in [2.24, 2.45) is 16.7 Å². The lowest BCUT2D eigenvalue weighted by molar-refractivity contribution is -0.346. The van der Waals surface area contributed by atoms with E-state index in [1.807, 2.05) is 0 Å². The molecule has 15 nitrogen and oxygen atoms in total. The highest BCUT2D eigenvalue weighted by molar-refractivity contribution is 5.96. The Morgan fingerprint density at radius 2 is 1.55 bits per heavy atom. The first-order valence-corrected chi connectivity index (χ1v) is 19.3. The lowest BCUT2D eigenvalue weighted by Crippen LogP contribution is -2.82. The maximum Gasteiger partial charge on any atom is 0.408 e. The third-order valence-corrected chi connectivity index (χ3v) is 12.5. The Labute approximate surface area is 336 Å². The number of carbonyl (C=O) groups is 5. The van der Waals surface area contributed by atoms with Crippen LogP contribution in [-0.4, -0.2) is 110 Å². The van der Waals surface area contributed by atoms with E-state index >= 15 is 4.79 Å². The van der Waals surface area contributed by atoms with Gasteiger partial charge in [-0.05, 0) is 63.5 Å². The van der Waals surface area contributed by atoms with Crippen LogP contribution in [0.2, 0.25) is 0 Å². The van der Waals surface area contributed by atoms with Crippen molar-refractivity contribution in [1.82, 2.24) is 5.32 Å². The number of ketones is 1. The lowest BCUT2D eigenvalue weighted by atomic mass is 9.44. The minimum atomic E-state index is -2.31. The molecule has 3 aliphatic carbocycles. The first-order valence-electron chi connectivity index (χ1n) is 19.3. The molecule has 0 radical (unpaired) electrons. The molecule has 1 heterocycles. The van der Waals surface area contributed by atoms with Crippen LogP contribution >= 0.6 is 0 Å². The van der Waals surface area contributed by atoms with E-state index in [4.69, 9.17) is 23.7 Å². The highest BCUT2D eigenvalue weighted by Crippen LogP contribution is 2.64. The van der Waals surface area contributed by atoms with Crippen LogP contribution in [0, 0.1) is 16.7 Å². The highest BCUT2D eigenvalue weighted by Gasteiger charge is 2.78. The van der Waals surface area contributed by atoms with E-state index in [1.54, 1.807) is 69.3 Å². The second-order valence-corrected chi connectivity index (χ2v) is 17.6. The first-order chi connectivity index (χ1) is 27.0. The highest BCUT2D eigenvalue weighted by atomic mass is 16.6. The molecule has 2 saturated carbocycles. The molecule has 3 fully saturated rings. The van der Waals surface area contributed by atoms with Crippen LogP contribution in [0.4, 0.5) is 4.79 Å². The monoisotopic (exact) mass is 807 g/mol. The summed E-state index contributed by atoms with van der Waals surface area (Å²) in [6, 6.07) is 14.5. The molecule has 1 saturated heterocycles. The van der Waals surface area contributed by atoms with Gasteiger partial charge in [0.2, 0.25) is 0 Å². The van der Waals surface area contributed by atoms with Gasteiger partial charge >= 0.3 is 24.0 Å². The predicted molar refractivity (Wildman–Crippen MR) is 204 cm³/mol. The third kappa shape index (κ3) is 7.10. The molecule has 1 amide bonds. The summed E-state index contributed by atoms with van der Waals surface area (Å²) in [7, 11) is 0. The summed E-state index contributed by atoms with van der Waals surface area (Å²) < 4.78 is 29.6. The maximum absolute atomic E-state index is 15.6. The van der Waals surface area contributed by atoms with Crippen molar-refractivity contribution in [1.29, 1.82) is 0 Å². The molecule has 58 heavy (non-hydrogen) atoms. The Morgan fingerprint density at radius 3 is 2.10 bits per heavy atom. The number of fused-ring (bicyclic) bond motifs is 5. The van der Waals surface area contributed by atoms with Crippen molar-refractivity contribution in [3.8, 4) is 0 Å². The van der Waals surface area contributed by atoms with Crippen molar-refractivity contribution in [2.45, 2.75) is 128 Å². The van der Waals surface area contributed by atoms with E-state index in [0.29, 0.717) is 0 Å². The molecule has 4 aliphatic rings. The zero-order valence-corrected chi connectivity index (χ0v) is 33.9. The molecule has 314 valence electrons. The number of benzene rings is 2. The van der Waals surface area contributed by atoms with Crippen molar-refractivity contribution in [2.75, 3.05) is 6.61 Å². The van der Waals surface area contributed by atoms with E-state index in [2.05, 4.69) is 5.32 Å². The maximum atomic E-state index is 15.6. The van der Waals surface area contributed by atoms with Crippen molar-refractivity contribution in [3.63, 3.8) is 0 Å². The fourth-order valence-electron chi connectivity index (χ4n) is 9.50. The molecule has 11 atom stereocenters. The minimum Gasteiger partial charge on any atom is -0.455 e. The van der Waals surface area contributed by atoms with Crippen LogP contribution < -0.4 is 5.32 Å². The number of aliphatic hydroxyl groups is 4. The molecular weight excluding hydrogens is 754 g/mol. The summed E-state index contributed by atoms with van der Waals surface area (Å²) in [6.07, 6.45) is -11.7. The van der Waals surface area contributed by atoms with Crippen molar-refractivity contribution < 1.29 is 68.1 Å². The van der Waals surface area contributed by atoms with E-state index in [-0.39, 0.29) is 35.3 Å². The van der Waals surface area contributed by atoms with Gasteiger partial charge in [0.25, 0.3) is 0 Å². The zero-order chi connectivity index (χ0) is 42.7. The average Bonchev–Trinajstić information content (AvgIpc) is 3.14. The van der Waals surface area contributed by atoms with Gasteiger partial charge < -0.3 is 49.4 Å². The summed E-state index contributed by atoms with van der Waals surface area (Å²) >= 11 is 0. The molecular formula is C43H53NO14. The average molecular weight is 808 g/mol. The van der Waals surface area contributed by atoms with Gasteiger partial charge in [0.1, 0.15) is 23.4 Å². The second kappa shape index (κ2) is 15.2. The number of esters is 3. The number of alkyl carbamates (subject to hydrolysis) is 1. The molecule has 5 N–H and O–H groups in total. The largest absolute Gasteiger partial charge is 0.455 e. The van der Waals surface area contributed by atoms with Crippen LogP contribution in [0.15, 0.2) is 71.8 Å². The van der Waals surface area contributed by atoms with Crippen LogP contribution in [-0.2, 0) is 38.1 Å². The Bertz CT molecular complexity index is 1980. The Balaban J connectivity index is 1.52. The zero-order valence-electron chi connectivity index (χ0n) is 33.9. The van der Waals surface area contributed by atoms with Gasteiger partial charge in [-0.1, -0.05) is 62.4 Å². The predicted octanol–water partition coefficient (Wildman–Crippen LogP) is 3.26. The van der Waals surface area contributed by atoms with Crippen molar-refractivity contribution >= 4 is 29.8 Å². The van der Waals surface area contributed by atoms with Crippen molar-refractivity contribution in [3.05, 3.63) is 82.9 Å². The smallest absolute Gasteiger partial charge is 0.408 e. The number of Topliss-reactive ketones (excluding diaryl/α,β-unsaturated/α-hetero) is 1. The molecule has 2 aromatic rings. The Morgan fingerprint density at radius 1 is 0.948 bits per heavy atom. The molecule has 2 bridgehead atoms. The Hall–Kier alpha value is -4.67. The SMILES string of the molecule is CC(=O)O[C@@]12CO[C@@H]1C[C@H](O)[C@@]1(C)C(=O)[C@H](OC(=O)[C@H](O)[C@@H](NC(=O)OC(C)(C)C)c3ccccc3)C3=C(C)[C@@H](O)C[C@@](O)([C@@H](OC(=O)c4ccccc4)[C@H]21)C3(C)C. The molecule has 0 unspecified atom stereocenters. The fourth-order valence-corrected chi connectivity index (χ4v) is 9.50. The van der Waals surface area contributed by atoms with E-state index in [9.17, 15) is 39.6 Å². The molecule has 2 aromatic carbocycles. The molecule has 6 rings (SSSR count). The summed E-state index contributed by atoms with van der Waals surface area (Å²) in [5.74, 6) is -5.56. The van der Waals surface area contributed by atoms with E-state index in [0.717, 1.165) is 6.92 Å². The number of rotatable bonds is 8. The standard InChI is InChI=1S/C43H53NO14/c1-22-26(46)20-43(53)35(56-36(50)25-17-13-10-14-18-25)33-41(8,27(47)19-28-42(33,21-54-28)57-23(2)45)34(49)32(29(22)40(43,6)7)55-37(51)31(48)30(24-15-11-9-12-16-24)44-38(52)58-39(3,4)5/h9-18,26-28,30-33,35,46-48,53H,19-21H2,1-8H3,(H,44,52)/t26-,27-,28+,30-,31+,32+,33-,35-,41+,42-,43+/m0/s1.